The summed E-state index contributed by atoms with van der Waals surface area (Å²) in [6, 6.07) is 14.1. The number of benzene rings is 1. The van der Waals surface area contributed by atoms with Crippen LogP contribution in [-0.2, 0) is 17.6 Å². The first kappa shape index (κ1) is 20.3. The smallest absolute Gasteiger partial charge is 0.165 e. The van der Waals surface area contributed by atoms with Crippen molar-refractivity contribution in [2.24, 2.45) is 11.3 Å². The van der Waals surface area contributed by atoms with Gasteiger partial charge >= 0.3 is 0 Å². The van der Waals surface area contributed by atoms with E-state index in [4.69, 9.17) is 0 Å². The first-order valence-electron chi connectivity index (χ1n) is 10.6. The van der Waals surface area contributed by atoms with Crippen molar-refractivity contribution >= 4 is 11.6 Å². The summed E-state index contributed by atoms with van der Waals surface area (Å²) in [6.07, 6.45) is 5.60. The third-order valence-corrected chi connectivity index (χ3v) is 5.69. The lowest BCUT2D eigenvalue weighted by Crippen LogP contribution is -2.29. The molecule has 2 aromatic heterocycles. The highest BCUT2D eigenvalue weighted by atomic mass is 16.1. The summed E-state index contributed by atoms with van der Waals surface area (Å²) in [6.45, 7) is 6.19. The Labute approximate surface area is 177 Å². The van der Waals surface area contributed by atoms with Gasteiger partial charge in [0.25, 0.3) is 0 Å². The molecule has 0 fully saturated rings. The molecular weight excluding hydrogens is 372 g/mol. The van der Waals surface area contributed by atoms with Gasteiger partial charge in [-0.05, 0) is 35.1 Å². The van der Waals surface area contributed by atoms with Gasteiger partial charge < -0.3 is 4.98 Å². The summed E-state index contributed by atoms with van der Waals surface area (Å²) in [7, 11) is 0. The maximum absolute atomic E-state index is 13.2. The highest BCUT2D eigenvalue weighted by Crippen LogP contribution is 2.37. The fraction of sp³-hybridized carbons (Fsp3) is 0.346. The van der Waals surface area contributed by atoms with Gasteiger partial charge in [-0.15, -0.1) is 0 Å². The summed E-state index contributed by atoms with van der Waals surface area (Å²) < 4.78 is 0. The van der Waals surface area contributed by atoms with Crippen molar-refractivity contribution in [3.63, 3.8) is 0 Å². The van der Waals surface area contributed by atoms with Crippen LogP contribution in [0.1, 0.15) is 60.8 Å². The van der Waals surface area contributed by atoms with Crippen molar-refractivity contribution in [3.05, 3.63) is 77.2 Å². The predicted molar refractivity (Wildman–Crippen MR) is 118 cm³/mol. The zero-order valence-corrected chi connectivity index (χ0v) is 17.9. The largest absolute Gasteiger partial charge is 0.358 e. The van der Waals surface area contributed by atoms with Gasteiger partial charge in [-0.2, -0.15) is 0 Å². The van der Waals surface area contributed by atoms with Crippen molar-refractivity contribution < 1.29 is 9.59 Å². The number of carbonyl (C=O) groups excluding carboxylic acids is 2. The van der Waals surface area contributed by atoms with Crippen LogP contribution in [0.25, 0.3) is 11.3 Å². The molecular formula is C26H28N2O2. The van der Waals surface area contributed by atoms with E-state index in [9.17, 15) is 9.59 Å². The van der Waals surface area contributed by atoms with Gasteiger partial charge in [-0.3, -0.25) is 14.6 Å². The van der Waals surface area contributed by atoms with Crippen LogP contribution in [0.2, 0.25) is 0 Å². The highest BCUT2D eigenvalue weighted by Gasteiger charge is 2.35. The summed E-state index contributed by atoms with van der Waals surface area (Å²) in [5, 5.41) is 0. The lowest BCUT2D eigenvalue weighted by atomic mass is 9.78. The SMILES string of the molecule is CC(C)(C)CC(=O)C1CC(=O)c2c([nH]c(-c3ccncc3)c2Cc2ccccc2)C1. The fourth-order valence-corrected chi connectivity index (χ4v) is 4.37. The number of aromatic amines is 1. The van der Waals surface area contributed by atoms with Gasteiger partial charge in [-0.25, -0.2) is 0 Å². The number of hydrogen-bond donors (Lipinski definition) is 1. The zero-order chi connectivity index (χ0) is 21.3. The van der Waals surface area contributed by atoms with Crippen LogP contribution in [0.15, 0.2) is 54.9 Å². The van der Waals surface area contributed by atoms with Gasteiger partial charge in [0.1, 0.15) is 5.78 Å². The number of pyridine rings is 1. The molecule has 0 amide bonds. The molecule has 0 radical (unpaired) electrons. The molecule has 30 heavy (non-hydrogen) atoms. The molecule has 154 valence electrons. The minimum absolute atomic E-state index is 0.0726. The van der Waals surface area contributed by atoms with Crippen LogP contribution in [0.4, 0.5) is 0 Å². The van der Waals surface area contributed by atoms with E-state index in [0.29, 0.717) is 25.7 Å². The average Bonchev–Trinajstić information content (AvgIpc) is 3.07. The van der Waals surface area contributed by atoms with E-state index in [2.05, 4.69) is 42.9 Å². The Morgan fingerprint density at radius 3 is 2.43 bits per heavy atom. The van der Waals surface area contributed by atoms with Gasteiger partial charge in [0.15, 0.2) is 5.78 Å². The maximum Gasteiger partial charge on any atom is 0.165 e. The number of ketones is 2. The molecule has 0 saturated carbocycles. The van der Waals surface area contributed by atoms with E-state index in [-0.39, 0.29) is 22.9 Å². The monoisotopic (exact) mass is 400 g/mol. The molecule has 0 saturated heterocycles. The Morgan fingerprint density at radius 2 is 1.77 bits per heavy atom. The molecule has 3 aromatic rings. The fourth-order valence-electron chi connectivity index (χ4n) is 4.37. The number of hydrogen-bond acceptors (Lipinski definition) is 3. The summed E-state index contributed by atoms with van der Waals surface area (Å²) >= 11 is 0. The van der Waals surface area contributed by atoms with E-state index in [0.717, 1.165) is 33.6 Å². The van der Waals surface area contributed by atoms with Crippen LogP contribution in [0, 0.1) is 11.3 Å². The van der Waals surface area contributed by atoms with Crippen LogP contribution >= 0.6 is 0 Å². The molecule has 0 aliphatic heterocycles. The molecule has 4 nitrogen and oxygen atoms in total. The van der Waals surface area contributed by atoms with E-state index >= 15 is 0 Å². The molecule has 1 N–H and O–H groups in total. The van der Waals surface area contributed by atoms with Crippen molar-refractivity contribution in [2.45, 2.75) is 46.5 Å². The minimum Gasteiger partial charge on any atom is -0.358 e. The average molecular weight is 401 g/mol. The Bertz CT molecular complexity index is 1060. The first-order valence-corrected chi connectivity index (χ1v) is 10.6. The number of carbonyl (C=O) groups is 2. The van der Waals surface area contributed by atoms with Crippen LogP contribution < -0.4 is 0 Å². The molecule has 1 aromatic carbocycles. The Morgan fingerprint density at radius 1 is 1.07 bits per heavy atom. The standard InChI is InChI=1S/C26H28N2O2/c1-26(2,3)16-23(30)19-14-21-24(22(29)15-19)20(13-17-7-5-4-6-8-17)25(28-21)18-9-11-27-12-10-18/h4-12,19,28H,13-16H2,1-3H3. The number of fused-ring (bicyclic) bond motifs is 1. The van der Waals surface area contributed by atoms with Crippen LogP contribution in [0.5, 0.6) is 0 Å². The number of Topliss-reactive ketones (excluding diaryl/α,β-unsaturated/α-hetero) is 2. The van der Waals surface area contributed by atoms with Gasteiger partial charge in [0.05, 0.1) is 5.69 Å². The number of rotatable bonds is 5. The Balaban J connectivity index is 1.74. The normalized spacial score (nSPS) is 16.4. The summed E-state index contributed by atoms with van der Waals surface area (Å²) in [5.41, 5.74) is 5.76. The van der Waals surface area contributed by atoms with Gasteiger partial charge in [0.2, 0.25) is 0 Å². The number of aromatic nitrogens is 2. The van der Waals surface area contributed by atoms with E-state index in [1.165, 1.54) is 0 Å². The molecule has 0 bridgehead atoms. The second-order valence-corrected chi connectivity index (χ2v) is 9.46. The molecule has 1 unspecified atom stereocenters. The summed E-state index contributed by atoms with van der Waals surface area (Å²) in [5.74, 6) is 0.0231. The topological polar surface area (TPSA) is 62.8 Å². The molecule has 1 atom stereocenters. The molecule has 1 aliphatic carbocycles. The van der Waals surface area contributed by atoms with Crippen molar-refractivity contribution in [2.75, 3.05) is 0 Å². The summed E-state index contributed by atoms with van der Waals surface area (Å²) in [4.78, 5) is 33.7. The van der Waals surface area contributed by atoms with Gasteiger partial charge in [-0.1, -0.05) is 51.1 Å². The molecule has 2 heterocycles. The quantitative estimate of drug-likeness (QED) is 0.622. The van der Waals surface area contributed by atoms with Crippen LogP contribution in [0.3, 0.4) is 0 Å². The lowest BCUT2D eigenvalue weighted by molar-refractivity contribution is -0.124. The van der Waals surface area contributed by atoms with E-state index in [1.807, 2.05) is 30.3 Å². The highest BCUT2D eigenvalue weighted by molar-refractivity contribution is 6.04. The zero-order valence-electron chi connectivity index (χ0n) is 17.9. The number of H-pyrrole nitrogens is 1. The molecule has 1 aliphatic rings. The van der Waals surface area contributed by atoms with Crippen molar-refractivity contribution in [3.8, 4) is 11.3 Å². The Hall–Kier alpha value is -3.01. The molecule has 4 heteroatoms. The van der Waals surface area contributed by atoms with Gasteiger partial charge in [0, 0.05) is 54.4 Å². The Kier molecular flexibility index (Phi) is 5.42. The minimum atomic E-state index is -0.238. The number of nitrogens with zero attached hydrogens (tertiary/aromatic N) is 1. The second-order valence-electron chi connectivity index (χ2n) is 9.46. The van der Waals surface area contributed by atoms with Crippen molar-refractivity contribution in [1.82, 2.24) is 9.97 Å². The predicted octanol–water partition coefficient (Wildman–Crippen LogP) is 5.42. The van der Waals surface area contributed by atoms with Crippen molar-refractivity contribution in [1.29, 1.82) is 0 Å². The third kappa shape index (κ3) is 4.28. The maximum atomic E-state index is 13.2. The van der Waals surface area contributed by atoms with Crippen LogP contribution in [-0.4, -0.2) is 21.5 Å². The second kappa shape index (κ2) is 8.02. The third-order valence-electron chi connectivity index (χ3n) is 5.69. The number of nitrogens with one attached hydrogen (secondary N) is 1. The first-order chi connectivity index (χ1) is 14.3. The van der Waals surface area contributed by atoms with E-state index < -0.39 is 0 Å². The molecule has 0 spiro atoms. The molecule has 4 rings (SSSR count). The lowest BCUT2D eigenvalue weighted by Gasteiger charge is -2.25. The van der Waals surface area contributed by atoms with E-state index in [1.54, 1.807) is 12.4 Å².